The average Bonchev–Trinajstić information content (AvgIpc) is 1.62. The first-order valence-electron chi connectivity index (χ1n) is 35.6. The molecule has 0 aromatic heterocycles. The summed E-state index contributed by atoms with van der Waals surface area (Å²) in [5.41, 5.74) is 4.51. The highest BCUT2D eigenvalue weighted by Crippen LogP contribution is 2.45. The molecule has 5 N–H and O–H groups in total. The molecule has 2 saturated heterocycles. The van der Waals surface area contributed by atoms with Gasteiger partial charge in [0.2, 0.25) is 23.6 Å². The molecule has 4 aliphatic carbocycles. The summed E-state index contributed by atoms with van der Waals surface area (Å²) >= 11 is 0. The van der Waals surface area contributed by atoms with Crippen LogP contribution in [0.1, 0.15) is 119 Å². The molecule has 7 amide bonds. The second-order valence-electron chi connectivity index (χ2n) is 26.7. The summed E-state index contributed by atoms with van der Waals surface area (Å²) in [6.07, 6.45) is 5.02. The Morgan fingerprint density at radius 3 is 1.13 bits per heavy atom. The lowest BCUT2D eigenvalue weighted by atomic mass is 9.94. The van der Waals surface area contributed by atoms with E-state index in [1.165, 1.54) is 28.0 Å². The molecule has 6 fully saturated rings. The van der Waals surface area contributed by atoms with Crippen molar-refractivity contribution in [2.75, 3.05) is 125 Å². The van der Waals surface area contributed by atoms with Gasteiger partial charge in [0.25, 0.3) is 17.7 Å². The number of ether oxygens (including phenoxy) is 8. The van der Waals surface area contributed by atoms with Crippen molar-refractivity contribution in [1.82, 2.24) is 36.4 Å². The molecule has 5 aromatic carbocycles. The van der Waals surface area contributed by atoms with Crippen molar-refractivity contribution < 1.29 is 76.3 Å². The third-order valence-electron chi connectivity index (χ3n) is 19.4. The molecular weight excluding hydrogens is 1280 g/mol. The Balaban J connectivity index is 0.694. The molecule has 6 aliphatic rings. The van der Waals surface area contributed by atoms with Crippen molar-refractivity contribution in [1.29, 1.82) is 0 Å². The number of carbonyl (C=O) groups is 8. The molecule has 0 bridgehead atoms. The summed E-state index contributed by atoms with van der Waals surface area (Å²) < 4.78 is 44.7. The minimum absolute atomic E-state index is 0.00827. The molecule has 0 unspecified atom stereocenters. The highest BCUT2D eigenvalue weighted by atomic mass is 16.6. The van der Waals surface area contributed by atoms with E-state index in [1.54, 1.807) is 0 Å². The largest absolute Gasteiger partial charge is 0.483 e. The maximum absolute atomic E-state index is 15.1. The number of amides is 7. The van der Waals surface area contributed by atoms with Gasteiger partial charge in [-0.2, -0.15) is 0 Å². The maximum Gasteiger partial charge on any atom is 0.308 e. The first-order valence-corrected chi connectivity index (χ1v) is 35.6. The summed E-state index contributed by atoms with van der Waals surface area (Å²) in [7, 11) is 0. The summed E-state index contributed by atoms with van der Waals surface area (Å²) in [4.78, 5) is 116. The molecule has 12 atom stereocenters. The van der Waals surface area contributed by atoms with Gasteiger partial charge in [-0.25, -0.2) is 0 Å². The van der Waals surface area contributed by atoms with Crippen LogP contribution in [0.5, 0.6) is 5.75 Å². The highest BCUT2D eigenvalue weighted by Gasteiger charge is 2.51. The minimum Gasteiger partial charge on any atom is -0.483 e. The van der Waals surface area contributed by atoms with E-state index in [0.717, 1.165) is 60.8 Å². The van der Waals surface area contributed by atoms with Crippen LogP contribution in [0, 0.1) is 23.7 Å². The highest BCUT2D eigenvalue weighted by molar-refractivity contribution is 6.02. The molecule has 11 rings (SSSR count). The number of esters is 1. The third-order valence-corrected chi connectivity index (χ3v) is 19.4. The van der Waals surface area contributed by atoms with Crippen LogP contribution in [0.15, 0.2) is 140 Å². The SMILES string of the molecule is CCCCOC(=O)CCOCCOCCOCCOCCOCCOCCNC(=O)COc1cc(C(=O)N2C[C@@H](C(=O)N[C@H]3C[C@@H]3c3ccccc3)[C@H](C(=O)N[C@H]3C[C@@H]3c3ccccc3)C2)ccc1C(=O)N1C[C@@H](C(=O)N[C@H]2C[C@@H]2c2ccccc2)[C@H](C(=O)N[C@H]2C[C@@H]2c2ccccc2)C1. The molecule has 534 valence electrons. The zero-order valence-corrected chi connectivity index (χ0v) is 57.0. The van der Waals surface area contributed by atoms with E-state index in [2.05, 4.69) is 26.6 Å². The van der Waals surface area contributed by atoms with Gasteiger partial charge >= 0.3 is 5.97 Å². The summed E-state index contributed by atoms with van der Waals surface area (Å²) in [6, 6.07) is 43.5. The fraction of sp³-hybridized carbons (Fsp3) is 0.506. The normalized spacial score (nSPS) is 23.8. The van der Waals surface area contributed by atoms with Crippen molar-refractivity contribution >= 4 is 47.3 Å². The van der Waals surface area contributed by atoms with Crippen LogP contribution in [0.4, 0.5) is 0 Å². The van der Waals surface area contributed by atoms with Gasteiger partial charge in [0.15, 0.2) is 6.61 Å². The number of hydrogen-bond donors (Lipinski definition) is 5. The molecule has 5 aromatic rings. The monoisotopic (exact) mass is 1370 g/mol. The molecule has 2 aliphatic heterocycles. The van der Waals surface area contributed by atoms with Crippen LogP contribution in [-0.4, -0.2) is 207 Å². The van der Waals surface area contributed by atoms with Gasteiger partial charge in [-0.15, -0.1) is 0 Å². The Hall–Kier alpha value is -8.58. The first kappa shape index (κ1) is 72.7. The molecule has 23 nitrogen and oxygen atoms in total. The Labute approximate surface area is 584 Å². The van der Waals surface area contributed by atoms with Gasteiger partial charge in [-0.1, -0.05) is 135 Å². The lowest BCUT2D eigenvalue weighted by Gasteiger charge is -2.21. The van der Waals surface area contributed by atoms with Crippen LogP contribution in [-0.2, 0) is 61.9 Å². The Morgan fingerprint density at radius 1 is 0.410 bits per heavy atom. The number of hydrogen-bond acceptors (Lipinski definition) is 16. The topological polar surface area (TPSA) is 277 Å². The molecule has 100 heavy (non-hydrogen) atoms. The van der Waals surface area contributed by atoms with Gasteiger partial charge in [0.1, 0.15) is 5.75 Å². The molecule has 2 heterocycles. The van der Waals surface area contributed by atoms with E-state index in [0.29, 0.717) is 59.5 Å². The number of rotatable bonds is 41. The molecular formula is C77H95N7O16. The van der Waals surface area contributed by atoms with Gasteiger partial charge in [-0.05, 0) is 72.6 Å². The third kappa shape index (κ3) is 21.0. The van der Waals surface area contributed by atoms with E-state index >= 15 is 4.79 Å². The maximum atomic E-state index is 15.1. The molecule has 23 heteroatoms. The molecule has 4 saturated carbocycles. The van der Waals surface area contributed by atoms with Gasteiger partial charge in [0, 0.05) is 86.1 Å². The quantitative estimate of drug-likeness (QED) is 0.0219. The number of nitrogens with one attached hydrogen (secondary N) is 5. The van der Waals surface area contributed by atoms with E-state index in [1.807, 2.05) is 128 Å². The summed E-state index contributed by atoms with van der Waals surface area (Å²) in [5.74, 6) is -6.31. The lowest BCUT2D eigenvalue weighted by molar-refractivity contribution is -0.145. The Morgan fingerprint density at radius 2 is 0.760 bits per heavy atom. The van der Waals surface area contributed by atoms with Gasteiger partial charge in [0.05, 0.1) is 122 Å². The zero-order chi connectivity index (χ0) is 69.6. The second kappa shape index (κ2) is 36.7. The molecule has 0 spiro atoms. The number of benzene rings is 5. The first-order chi connectivity index (χ1) is 48.9. The van der Waals surface area contributed by atoms with E-state index in [-0.39, 0.29) is 160 Å². The number of likely N-dealkylation sites (tertiary alicyclic amines) is 2. The average molecular weight is 1370 g/mol. The smallest absolute Gasteiger partial charge is 0.308 e. The van der Waals surface area contributed by atoms with Crippen LogP contribution in [0.25, 0.3) is 0 Å². The second-order valence-corrected chi connectivity index (χ2v) is 26.7. The fourth-order valence-electron chi connectivity index (χ4n) is 13.4. The summed E-state index contributed by atoms with van der Waals surface area (Å²) in [6.45, 7) is 5.73. The van der Waals surface area contributed by atoms with E-state index in [9.17, 15) is 33.6 Å². The standard InChI is InChI=1S/C77H95N7O16/c1-2-3-28-99-71(86)26-29-93-31-33-95-35-37-97-39-40-98-38-36-96-34-32-94-30-27-78-70(85)50-100-69-41-55(76(91)83-46-61(72(87)79-65-42-57(65)51-16-8-4-9-17-51)62(47-83)73(88)80-66-43-58(66)52-18-10-5-11-19-52)24-25-56(69)77(92)84-48-63(74(89)81-67-44-59(67)53-20-12-6-13-21-53)64(49-84)75(90)82-68-45-60(68)54-22-14-7-15-23-54/h4-25,41,57-68H,2-3,26-40,42-50H2,1H3,(H,78,85)(H,79,87)(H,80,88)(H,81,89)(H,82,90)/t57-,58-,59-,60-,61-,62-,63-,64-,65+,66+,67+,68+/m1/s1. The van der Waals surface area contributed by atoms with Crippen molar-refractivity contribution in [2.24, 2.45) is 23.7 Å². The van der Waals surface area contributed by atoms with E-state index < -0.39 is 48.0 Å². The predicted octanol–water partition coefficient (Wildman–Crippen LogP) is 6.08. The van der Waals surface area contributed by atoms with Crippen molar-refractivity contribution in [3.63, 3.8) is 0 Å². The summed E-state index contributed by atoms with van der Waals surface area (Å²) in [5, 5.41) is 15.5. The number of nitrogens with zero attached hydrogens (tertiary/aromatic N) is 2. The fourth-order valence-corrected chi connectivity index (χ4v) is 13.4. The lowest BCUT2D eigenvalue weighted by Crippen LogP contribution is -2.43. The van der Waals surface area contributed by atoms with Crippen LogP contribution in [0.3, 0.4) is 0 Å². The van der Waals surface area contributed by atoms with Crippen LogP contribution >= 0.6 is 0 Å². The zero-order valence-electron chi connectivity index (χ0n) is 57.0. The van der Waals surface area contributed by atoms with Gasteiger partial charge in [-0.3, -0.25) is 38.4 Å². The molecule has 0 radical (unpaired) electrons. The number of carbonyl (C=O) groups excluding carboxylic acids is 8. The van der Waals surface area contributed by atoms with Crippen molar-refractivity contribution in [3.8, 4) is 5.75 Å². The van der Waals surface area contributed by atoms with Crippen molar-refractivity contribution in [2.45, 2.75) is 99.7 Å². The van der Waals surface area contributed by atoms with Crippen molar-refractivity contribution in [3.05, 3.63) is 173 Å². The van der Waals surface area contributed by atoms with Gasteiger partial charge < -0.3 is 74.3 Å². The van der Waals surface area contributed by atoms with E-state index in [4.69, 9.17) is 37.9 Å². The Kier molecular flexibility index (Phi) is 26.6. The Bertz CT molecular complexity index is 3370. The predicted molar refractivity (Wildman–Crippen MR) is 369 cm³/mol. The van der Waals surface area contributed by atoms with Crippen LogP contribution in [0.2, 0.25) is 0 Å². The van der Waals surface area contributed by atoms with Crippen LogP contribution < -0.4 is 31.3 Å². The minimum atomic E-state index is -0.896. The number of unbranched alkanes of at least 4 members (excludes halogenated alkanes) is 1.